The van der Waals surface area contributed by atoms with Crippen molar-refractivity contribution in [1.82, 2.24) is 0 Å². The van der Waals surface area contributed by atoms with Crippen LogP contribution in [-0.4, -0.2) is 13.0 Å². The molecule has 108 valence electrons. The molecule has 0 N–H and O–H groups in total. The number of alkyl halides is 3. The summed E-state index contributed by atoms with van der Waals surface area (Å²) in [5.74, 6) is 0.124. The minimum atomic E-state index is -4.73. The maximum Gasteiger partial charge on any atom is 0.573 e. The summed E-state index contributed by atoms with van der Waals surface area (Å²) < 4.78 is 45.9. The lowest BCUT2D eigenvalue weighted by molar-refractivity contribution is -0.274. The number of halogens is 4. The molecule has 1 aromatic rings. The minimum Gasteiger partial charge on any atom is -0.493 e. The summed E-state index contributed by atoms with van der Waals surface area (Å²) in [6.07, 6.45) is -2.41. The lowest BCUT2D eigenvalue weighted by Crippen LogP contribution is -2.17. The molecule has 0 spiro atoms. The molecule has 0 heterocycles. The fourth-order valence-corrected chi connectivity index (χ4v) is 2.17. The predicted octanol–water partition coefficient (Wildman–Crippen LogP) is 4.42. The lowest BCUT2D eigenvalue weighted by Gasteiger charge is -2.15. The quantitative estimate of drug-likeness (QED) is 0.790. The van der Waals surface area contributed by atoms with Gasteiger partial charge in [0.1, 0.15) is 11.5 Å². The molecule has 7 heteroatoms. The van der Waals surface area contributed by atoms with Crippen molar-refractivity contribution in [3.63, 3.8) is 0 Å². The summed E-state index contributed by atoms with van der Waals surface area (Å²) >= 11 is 3.01. The van der Waals surface area contributed by atoms with Gasteiger partial charge in [-0.25, -0.2) is 0 Å². The average molecular weight is 350 g/mol. The number of benzene rings is 1. The minimum absolute atomic E-state index is 0.0810. The molecule has 0 unspecified atom stereocenters. The van der Waals surface area contributed by atoms with E-state index in [9.17, 15) is 13.2 Å². The highest BCUT2D eigenvalue weighted by Gasteiger charge is 2.43. The Kier molecular flexibility index (Phi) is 4.14. The van der Waals surface area contributed by atoms with Crippen LogP contribution in [0.1, 0.15) is 19.3 Å². The Morgan fingerprint density at radius 1 is 1.35 bits per heavy atom. The van der Waals surface area contributed by atoms with E-state index in [4.69, 9.17) is 10.00 Å². The van der Waals surface area contributed by atoms with Crippen LogP contribution in [0.2, 0.25) is 0 Å². The number of nitriles is 1. The standard InChI is InChI=1S/C13H11BrF3NO2/c14-10-7-9(1-2-11(10)20-13(15,16)17)19-8-12(3-4-12)5-6-18/h1-2,7H,3-5,8H2. The van der Waals surface area contributed by atoms with Gasteiger partial charge < -0.3 is 9.47 Å². The zero-order chi connectivity index (χ0) is 14.8. The van der Waals surface area contributed by atoms with Gasteiger partial charge >= 0.3 is 6.36 Å². The molecule has 2 rings (SSSR count). The molecule has 1 aliphatic rings. The van der Waals surface area contributed by atoms with Crippen LogP contribution in [0.4, 0.5) is 13.2 Å². The maximum absolute atomic E-state index is 12.1. The Morgan fingerprint density at radius 2 is 2.05 bits per heavy atom. The zero-order valence-electron chi connectivity index (χ0n) is 10.3. The van der Waals surface area contributed by atoms with E-state index in [-0.39, 0.29) is 15.6 Å². The highest BCUT2D eigenvalue weighted by Crippen LogP contribution is 2.48. The van der Waals surface area contributed by atoms with Crippen molar-refractivity contribution in [2.75, 3.05) is 6.61 Å². The summed E-state index contributed by atoms with van der Waals surface area (Å²) in [7, 11) is 0. The Morgan fingerprint density at radius 3 is 2.55 bits per heavy atom. The lowest BCUT2D eigenvalue weighted by atomic mass is 10.1. The predicted molar refractivity (Wildman–Crippen MR) is 68.2 cm³/mol. The van der Waals surface area contributed by atoms with E-state index in [1.54, 1.807) is 0 Å². The van der Waals surface area contributed by atoms with E-state index in [0.29, 0.717) is 18.8 Å². The van der Waals surface area contributed by atoms with Gasteiger partial charge in [0, 0.05) is 11.8 Å². The normalized spacial score (nSPS) is 16.4. The smallest absolute Gasteiger partial charge is 0.493 e. The summed E-state index contributed by atoms with van der Waals surface area (Å²) in [6.45, 7) is 0.395. The highest BCUT2D eigenvalue weighted by molar-refractivity contribution is 9.10. The Balaban J connectivity index is 1.97. The number of hydrogen-bond donors (Lipinski definition) is 0. The third kappa shape index (κ3) is 4.04. The molecule has 1 fully saturated rings. The van der Waals surface area contributed by atoms with Crippen molar-refractivity contribution >= 4 is 15.9 Å². The van der Waals surface area contributed by atoms with Crippen molar-refractivity contribution in [3.8, 4) is 17.6 Å². The molecule has 0 aromatic heterocycles. The number of nitrogens with zero attached hydrogens (tertiary/aromatic N) is 1. The van der Waals surface area contributed by atoms with Gasteiger partial charge in [0.15, 0.2) is 0 Å². The van der Waals surface area contributed by atoms with Crippen LogP contribution in [0.25, 0.3) is 0 Å². The van der Waals surface area contributed by atoms with Crippen LogP contribution in [0.3, 0.4) is 0 Å². The van der Waals surface area contributed by atoms with Gasteiger partial charge in [-0.15, -0.1) is 13.2 Å². The highest BCUT2D eigenvalue weighted by atomic mass is 79.9. The third-order valence-electron chi connectivity index (χ3n) is 3.09. The fraction of sp³-hybridized carbons (Fsp3) is 0.462. The first-order valence-electron chi connectivity index (χ1n) is 5.89. The van der Waals surface area contributed by atoms with Crippen molar-refractivity contribution < 1.29 is 22.6 Å². The van der Waals surface area contributed by atoms with E-state index in [0.717, 1.165) is 12.8 Å². The molecular formula is C13H11BrF3NO2. The molecule has 3 nitrogen and oxygen atoms in total. The summed E-state index contributed by atoms with van der Waals surface area (Å²) in [4.78, 5) is 0. The van der Waals surface area contributed by atoms with Crippen LogP contribution >= 0.6 is 15.9 Å². The number of hydrogen-bond acceptors (Lipinski definition) is 3. The topological polar surface area (TPSA) is 42.2 Å². The average Bonchev–Trinajstić information content (AvgIpc) is 3.09. The van der Waals surface area contributed by atoms with E-state index < -0.39 is 6.36 Å². The second kappa shape index (κ2) is 5.52. The van der Waals surface area contributed by atoms with E-state index in [1.165, 1.54) is 18.2 Å². The van der Waals surface area contributed by atoms with Gasteiger partial charge in [0.25, 0.3) is 0 Å². The Bertz CT molecular complexity index is 535. The Labute approximate surface area is 122 Å². The van der Waals surface area contributed by atoms with E-state index in [2.05, 4.69) is 26.7 Å². The first kappa shape index (κ1) is 15.0. The molecule has 1 saturated carbocycles. The van der Waals surface area contributed by atoms with Crippen molar-refractivity contribution in [1.29, 1.82) is 5.26 Å². The van der Waals surface area contributed by atoms with Gasteiger partial charge in [-0.2, -0.15) is 5.26 Å². The van der Waals surface area contributed by atoms with Gasteiger partial charge in [-0.05, 0) is 47.0 Å². The molecule has 0 radical (unpaired) electrons. The van der Waals surface area contributed by atoms with Gasteiger partial charge in [-0.3, -0.25) is 0 Å². The Hall–Kier alpha value is -1.42. The largest absolute Gasteiger partial charge is 0.573 e. The molecule has 0 aliphatic heterocycles. The molecule has 0 bridgehead atoms. The summed E-state index contributed by atoms with van der Waals surface area (Å²) in [5, 5.41) is 8.69. The summed E-state index contributed by atoms with van der Waals surface area (Å²) in [5.41, 5.74) is -0.0810. The van der Waals surface area contributed by atoms with Crippen molar-refractivity contribution in [2.45, 2.75) is 25.6 Å². The zero-order valence-corrected chi connectivity index (χ0v) is 11.9. The number of ether oxygens (including phenoxy) is 2. The molecule has 20 heavy (non-hydrogen) atoms. The van der Waals surface area contributed by atoms with Gasteiger partial charge in [0.05, 0.1) is 17.1 Å². The summed E-state index contributed by atoms with van der Waals surface area (Å²) in [6, 6.07) is 6.14. The molecular weight excluding hydrogens is 339 g/mol. The van der Waals surface area contributed by atoms with Crippen LogP contribution in [0.15, 0.2) is 22.7 Å². The van der Waals surface area contributed by atoms with Crippen LogP contribution < -0.4 is 9.47 Å². The molecule has 0 saturated heterocycles. The van der Waals surface area contributed by atoms with E-state index >= 15 is 0 Å². The van der Waals surface area contributed by atoms with Crippen LogP contribution in [0.5, 0.6) is 11.5 Å². The van der Waals surface area contributed by atoms with Crippen molar-refractivity contribution in [2.24, 2.45) is 5.41 Å². The fourth-order valence-electron chi connectivity index (χ4n) is 1.73. The van der Waals surface area contributed by atoms with Crippen LogP contribution in [0, 0.1) is 16.7 Å². The first-order valence-corrected chi connectivity index (χ1v) is 6.68. The van der Waals surface area contributed by atoms with Crippen molar-refractivity contribution in [3.05, 3.63) is 22.7 Å². The SMILES string of the molecule is N#CCC1(COc2ccc(OC(F)(F)F)c(Br)c2)CC1. The number of rotatable bonds is 5. The van der Waals surface area contributed by atoms with Gasteiger partial charge in [0.2, 0.25) is 0 Å². The molecule has 0 amide bonds. The molecule has 0 atom stereocenters. The molecule has 1 aliphatic carbocycles. The monoisotopic (exact) mass is 349 g/mol. The van der Waals surface area contributed by atoms with Gasteiger partial charge in [-0.1, -0.05) is 0 Å². The third-order valence-corrected chi connectivity index (χ3v) is 3.70. The maximum atomic E-state index is 12.1. The molecule has 1 aromatic carbocycles. The second-order valence-electron chi connectivity index (χ2n) is 4.76. The second-order valence-corrected chi connectivity index (χ2v) is 5.62. The van der Waals surface area contributed by atoms with E-state index in [1.807, 2.05) is 0 Å². The van der Waals surface area contributed by atoms with Crippen LogP contribution in [-0.2, 0) is 0 Å². The first-order chi connectivity index (χ1) is 9.34.